The largest absolute Gasteiger partial charge is 0.371 e. The molecule has 0 aliphatic heterocycles. The van der Waals surface area contributed by atoms with Gasteiger partial charge in [0.25, 0.3) is 0 Å². The SMILES string of the molecule is CCc1ccc2c(NC)nn(C)c2c1. The van der Waals surface area contributed by atoms with Crippen molar-refractivity contribution in [2.24, 2.45) is 7.05 Å². The Morgan fingerprint density at radius 1 is 1.43 bits per heavy atom. The summed E-state index contributed by atoms with van der Waals surface area (Å²) in [6, 6.07) is 6.49. The molecule has 3 nitrogen and oxygen atoms in total. The van der Waals surface area contributed by atoms with Crippen LogP contribution in [0.15, 0.2) is 18.2 Å². The smallest absolute Gasteiger partial charge is 0.155 e. The Labute approximate surface area is 83.7 Å². The minimum Gasteiger partial charge on any atom is -0.371 e. The number of hydrogen-bond acceptors (Lipinski definition) is 2. The maximum atomic E-state index is 4.39. The molecule has 0 atom stereocenters. The Balaban J connectivity index is 2.70. The lowest BCUT2D eigenvalue weighted by Gasteiger charge is -1.98. The average Bonchev–Trinajstić information content (AvgIpc) is 2.55. The molecule has 0 saturated heterocycles. The van der Waals surface area contributed by atoms with E-state index in [0.29, 0.717) is 0 Å². The van der Waals surface area contributed by atoms with Gasteiger partial charge in [0.05, 0.1) is 5.52 Å². The second-order valence-corrected chi connectivity index (χ2v) is 3.43. The van der Waals surface area contributed by atoms with Crippen LogP contribution in [0.5, 0.6) is 0 Å². The van der Waals surface area contributed by atoms with Crippen molar-refractivity contribution < 1.29 is 0 Å². The molecular weight excluding hydrogens is 174 g/mol. The van der Waals surface area contributed by atoms with Crippen LogP contribution in [0.25, 0.3) is 10.9 Å². The Bertz CT molecular complexity index is 457. The van der Waals surface area contributed by atoms with E-state index in [-0.39, 0.29) is 0 Å². The van der Waals surface area contributed by atoms with Crippen molar-refractivity contribution in [3.63, 3.8) is 0 Å². The lowest BCUT2D eigenvalue weighted by atomic mass is 10.1. The first-order chi connectivity index (χ1) is 6.76. The van der Waals surface area contributed by atoms with Gasteiger partial charge in [-0.2, -0.15) is 5.10 Å². The summed E-state index contributed by atoms with van der Waals surface area (Å²) in [5.74, 6) is 0.949. The highest BCUT2D eigenvalue weighted by Crippen LogP contribution is 2.22. The standard InChI is InChI=1S/C11H15N3/c1-4-8-5-6-9-10(7-8)14(3)13-11(9)12-2/h5-7H,4H2,1-3H3,(H,12,13). The number of benzene rings is 1. The van der Waals surface area contributed by atoms with Gasteiger partial charge in [-0.3, -0.25) is 4.68 Å². The minimum atomic E-state index is 0.949. The van der Waals surface area contributed by atoms with Crippen LogP contribution in [0.3, 0.4) is 0 Å². The summed E-state index contributed by atoms with van der Waals surface area (Å²) < 4.78 is 1.92. The summed E-state index contributed by atoms with van der Waals surface area (Å²) in [6.45, 7) is 2.16. The number of anilines is 1. The number of nitrogens with zero attached hydrogens (tertiary/aromatic N) is 2. The number of fused-ring (bicyclic) bond motifs is 1. The number of hydrogen-bond donors (Lipinski definition) is 1. The van der Waals surface area contributed by atoms with Crippen LogP contribution in [0.4, 0.5) is 5.82 Å². The molecule has 0 amide bonds. The van der Waals surface area contributed by atoms with Crippen molar-refractivity contribution in [3.05, 3.63) is 23.8 Å². The number of aromatic nitrogens is 2. The molecule has 14 heavy (non-hydrogen) atoms. The van der Waals surface area contributed by atoms with Crippen molar-refractivity contribution in [2.45, 2.75) is 13.3 Å². The molecule has 0 aliphatic rings. The third kappa shape index (κ3) is 1.25. The normalized spacial score (nSPS) is 10.8. The molecule has 0 radical (unpaired) electrons. The van der Waals surface area contributed by atoms with Crippen molar-refractivity contribution in [2.75, 3.05) is 12.4 Å². The molecule has 0 saturated carbocycles. The van der Waals surface area contributed by atoms with Crippen LogP contribution >= 0.6 is 0 Å². The van der Waals surface area contributed by atoms with Gasteiger partial charge >= 0.3 is 0 Å². The zero-order valence-corrected chi connectivity index (χ0v) is 8.83. The third-order valence-corrected chi connectivity index (χ3v) is 2.56. The molecule has 0 spiro atoms. The summed E-state index contributed by atoms with van der Waals surface area (Å²) in [4.78, 5) is 0. The van der Waals surface area contributed by atoms with Crippen LogP contribution in [0.2, 0.25) is 0 Å². The van der Waals surface area contributed by atoms with Crippen LogP contribution in [-0.2, 0) is 13.5 Å². The van der Waals surface area contributed by atoms with E-state index in [9.17, 15) is 0 Å². The molecular formula is C11H15N3. The molecule has 1 N–H and O–H groups in total. The van der Waals surface area contributed by atoms with Crippen molar-refractivity contribution in [1.29, 1.82) is 0 Å². The molecule has 0 aliphatic carbocycles. The molecule has 74 valence electrons. The molecule has 0 fully saturated rings. The fourth-order valence-electron chi connectivity index (χ4n) is 1.71. The Kier molecular flexibility index (Phi) is 2.15. The number of rotatable bonds is 2. The first-order valence-electron chi connectivity index (χ1n) is 4.89. The van der Waals surface area contributed by atoms with Crippen LogP contribution in [-0.4, -0.2) is 16.8 Å². The first-order valence-corrected chi connectivity index (χ1v) is 4.89. The van der Waals surface area contributed by atoms with Gasteiger partial charge in [0, 0.05) is 19.5 Å². The topological polar surface area (TPSA) is 29.9 Å². The van der Waals surface area contributed by atoms with E-state index in [1.807, 2.05) is 18.8 Å². The van der Waals surface area contributed by atoms with Crippen molar-refractivity contribution in [3.8, 4) is 0 Å². The van der Waals surface area contributed by atoms with Crippen LogP contribution in [0, 0.1) is 0 Å². The van der Waals surface area contributed by atoms with Gasteiger partial charge in [0.15, 0.2) is 5.82 Å². The van der Waals surface area contributed by atoms with E-state index in [1.165, 1.54) is 16.5 Å². The van der Waals surface area contributed by atoms with Crippen LogP contribution < -0.4 is 5.32 Å². The molecule has 2 aromatic rings. The summed E-state index contributed by atoms with van der Waals surface area (Å²) in [6.07, 6.45) is 1.07. The molecule has 1 aromatic carbocycles. The fourth-order valence-corrected chi connectivity index (χ4v) is 1.71. The molecule has 3 heteroatoms. The lowest BCUT2D eigenvalue weighted by Crippen LogP contribution is -1.92. The fraction of sp³-hybridized carbons (Fsp3) is 0.364. The van der Waals surface area contributed by atoms with E-state index in [0.717, 1.165) is 12.2 Å². The van der Waals surface area contributed by atoms with Crippen molar-refractivity contribution >= 4 is 16.7 Å². The van der Waals surface area contributed by atoms with Gasteiger partial charge in [-0.15, -0.1) is 0 Å². The summed E-state index contributed by atoms with van der Waals surface area (Å²) in [5.41, 5.74) is 2.54. The van der Waals surface area contributed by atoms with E-state index in [4.69, 9.17) is 0 Å². The quantitative estimate of drug-likeness (QED) is 0.784. The van der Waals surface area contributed by atoms with Gasteiger partial charge in [-0.25, -0.2) is 0 Å². The zero-order valence-electron chi connectivity index (χ0n) is 8.83. The molecule has 1 heterocycles. The van der Waals surface area contributed by atoms with Gasteiger partial charge in [0.2, 0.25) is 0 Å². The predicted molar refractivity (Wildman–Crippen MR) is 59.6 cm³/mol. The van der Waals surface area contributed by atoms with Gasteiger partial charge < -0.3 is 5.32 Å². The molecule has 0 unspecified atom stereocenters. The summed E-state index contributed by atoms with van der Waals surface area (Å²) in [5, 5.41) is 8.67. The Morgan fingerprint density at radius 2 is 2.21 bits per heavy atom. The minimum absolute atomic E-state index is 0.949. The Hall–Kier alpha value is -1.51. The van der Waals surface area contributed by atoms with E-state index >= 15 is 0 Å². The monoisotopic (exact) mass is 189 g/mol. The number of aryl methyl sites for hydroxylation is 2. The van der Waals surface area contributed by atoms with E-state index in [2.05, 4.69) is 35.5 Å². The maximum absolute atomic E-state index is 4.39. The van der Waals surface area contributed by atoms with Crippen molar-refractivity contribution in [1.82, 2.24) is 9.78 Å². The van der Waals surface area contributed by atoms with Crippen LogP contribution in [0.1, 0.15) is 12.5 Å². The highest BCUT2D eigenvalue weighted by Gasteiger charge is 2.06. The zero-order chi connectivity index (χ0) is 10.1. The highest BCUT2D eigenvalue weighted by atomic mass is 15.3. The van der Waals surface area contributed by atoms with Gasteiger partial charge in [-0.1, -0.05) is 13.0 Å². The lowest BCUT2D eigenvalue weighted by molar-refractivity contribution is 0.799. The highest BCUT2D eigenvalue weighted by molar-refractivity contribution is 5.90. The van der Waals surface area contributed by atoms with Gasteiger partial charge in [-0.05, 0) is 24.1 Å². The average molecular weight is 189 g/mol. The summed E-state index contributed by atoms with van der Waals surface area (Å²) >= 11 is 0. The molecule has 2 rings (SSSR count). The third-order valence-electron chi connectivity index (χ3n) is 2.56. The first kappa shape index (κ1) is 9.06. The molecule has 1 aromatic heterocycles. The second-order valence-electron chi connectivity index (χ2n) is 3.43. The van der Waals surface area contributed by atoms with E-state index < -0.39 is 0 Å². The van der Waals surface area contributed by atoms with Gasteiger partial charge in [0.1, 0.15) is 0 Å². The van der Waals surface area contributed by atoms with E-state index in [1.54, 1.807) is 0 Å². The maximum Gasteiger partial charge on any atom is 0.155 e. The molecule has 0 bridgehead atoms. The Morgan fingerprint density at radius 3 is 2.86 bits per heavy atom. The number of nitrogens with one attached hydrogen (secondary N) is 1. The predicted octanol–water partition coefficient (Wildman–Crippen LogP) is 2.18. The second kappa shape index (κ2) is 3.33. The summed E-state index contributed by atoms with van der Waals surface area (Å²) in [7, 11) is 3.87.